The molecule has 0 spiro atoms. The second kappa shape index (κ2) is 8.14. The van der Waals surface area contributed by atoms with E-state index >= 15 is 0 Å². The maximum absolute atomic E-state index is 13.0. The van der Waals surface area contributed by atoms with Gasteiger partial charge in [-0.2, -0.15) is 0 Å². The molecule has 2 aromatic heterocycles. The van der Waals surface area contributed by atoms with Crippen LogP contribution in [0.15, 0.2) is 65.0 Å². The van der Waals surface area contributed by atoms with Gasteiger partial charge in [-0.25, -0.2) is 9.37 Å². The first-order chi connectivity index (χ1) is 14.0. The zero-order chi connectivity index (χ0) is 20.4. The normalized spacial score (nSPS) is 12.2. The lowest BCUT2D eigenvalue weighted by Gasteiger charge is -2.14. The molecule has 2 heterocycles. The average molecular weight is 410 g/mol. The van der Waals surface area contributed by atoms with Gasteiger partial charge >= 0.3 is 0 Å². The van der Waals surface area contributed by atoms with Crippen LogP contribution in [0.1, 0.15) is 5.56 Å². The van der Waals surface area contributed by atoms with Crippen LogP contribution in [-0.4, -0.2) is 27.4 Å². The number of aryl methyl sites for hydroxylation is 1. The first kappa shape index (κ1) is 19.3. The summed E-state index contributed by atoms with van der Waals surface area (Å²) in [6.07, 6.45) is 0.528. The SMILES string of the molecule is Cc1ccc(-c2csc3ncn(CC(O)COc4ccc(F)cc4)c(=O)c23)cc1. The van der Waals surface area contributed by atoms with Gasteiger partial charge < -0.3 is 9.84 Å². The van der Waals surface area contributed by atoms with Crippen molar-refractivity contribution in [3.05, 3.63) is 82.0 Å². The van der Waals surface area contributed by atoms with E-state index in [9.17, 15) is 14.3 Å². The molecule has 148 valence electrons. The number of aliphatic hydroxyl groups excluding tert-OH is 1. The zero-order valence-corrected chi connectivity index (χ0v) is 16.5. The molecule has 0 aliphatic rings. The molecule has 0 amide bonds. The lowest BCUT2D eigenvalue weighted by molar-refractivity contribution is 0.0914. The Bertz CT molecular complexity index is 1180. The van der Waals surface area contributed by atoms with Crippen molar-refractivity contribution in [3.63, 3.8) is 0 Å². The maximum atomic E-state index is 13.0. The fourth-order valence-electron chi connectivity index (χ4n) is 3.05. The van der Waals surface area contributed by atoms with Crippen molar-refractivity contribution in [1.82, 2.24) is 9.55 Å². The summed E-state index contributed by atoms with van der Waals surface area (Å²) in [5, 5.41) is 12.8. The van der Waals surface area contributed by atoms with Crippen molar-refractivity contribution < 1.29 is 14.2 Å². The maximum Gasteiger partial charge on any atom is 0.262 e. The lowest BCUT2D eigenvalue weighted by Crippen LogP contribution is -2.30. The predicted octanol–water partition coefficient (Wildman–Crippen LogP) is 4.01. The van der Waals surface area contributed by atoms with E-state index in [0.717, 1.165) is 16.7 Å². The molecule has 4 rings (SSSR count). The van der Waals surface area contributed by atoms with Crippen LogP contribution in [0.5, 0.6) is 5.75 Å². The Morgan fingerprint density at radius 3 is 2.62 bits per heavy atom. The first-order valence-corrected chi connectivity index (χ1v) is 9.99. The number of ether oxygens (including phenoxy) is 1. The highest BCUT2D eigenvalue weighted by atomic mass is 32.1. The Kier molecular flexibility index (Phi) is 5.42. The molecule has 4 aromatic rings. The molecular weight excluding hydrogens is 391 g/mol. The van der Waals surface area contributed by atoms with Crippen LogP contribution in [0.3, 0.4) is 0 Å². The van der Waals surface area contributed by atoms with Crippen molar-refractivity contribution in [1.29, 1.82) is 0 Å². The lowest BCUT2D eigenvalue weighted by atomic mass is 10.1. The van der Waals surface area contributed by atoms with Crippen LogP contribution in [-0.2, 0) is 6.54 Å². The fourth-order valence-corrected chi connectivity index (χ4v) is 3.95. The van der Waals surface area contributed by atoms with Crippen LogP contribution in [0, 0.1) is 12.7 Å². The summed E-state index contributed by atoms with van der Waals surface area (Å²) < 4.78 is 19.8. The standard InChI is InChI=1S/C22H19FN2O3S/c1-14-2-4-15(5-3-14)19-12-29-21-20(19)22(27)25(13-24-21)10-17(26)11-28-18-8-6-16(23)7-9-18/h2-9,12-13,17,26H,10-11H2,1H3. The zero-order valence-electron chi connectivity index (χ0n) is 15.7. The number of nitrogens with zero attached hydrogens (tertiary/aromatic N) is 2. The highest BCUT2D eigenvalue weighted by Gasteiger charge is 2.15. The molecule has 1 atom stereocenters. The Morgan fingerprint density at radius 1 is 1.17 bits per heavy atom. The Morgan fingerprint density at radius 2 is 1.90 bits per heavy atom. The van der Waals surface area contributed by atoms with Crippen molar-refractivity contribution in [2.75, 3.05) is 6.61 Å². The van der Waals surface area contributed by atoms with Gasteiger partial charge in [0.1, 0.15) is 29.1 Å². The van der Waals surface area contributed by atoms with Crippen LogP contribution in [0.2, 0.25) is 0 Å². The molecule has 1 unspecified atom stereocenters. The van der Waals surface area contributed by atoms with E-state index in [2.05, 4.69) is 4.98 Å². The van der Waals surface area contributed by atoms with E-state index in [4.69, 9.17) is 4.74 Å². The molecule has 5 nitrogen and oxygen atoms in total. The fraction of sp³-hybridized carbons (Fsp3) is 0.182. The Balaban J connectivity index is 1.55. The number of fused-ring (bicyclic) bond motifs is 1. The third kappa shape index (κ3) is 4.21. The van der Waals surface area contributed by atoms with Gasteiger partial charge in [-0.15, -0.1) is 11.3 Å². The Hall–Kier alpha value is -3.03. The third-order valence-corrected chi connectivity index (χ3v) is 5.47. The minimum atomic E-state index is -0.918. The number of halogens is 1. The van der Waals surface area contributed by atoms with E-state index < -0.39 is 6.10 Å². The van der Waals surface area contributed by atoms with Crippen LogP contribution >= 0.6 is 11.3 Å². The van der Waals surface area contributed by atoms with Gasteiger partial charge in [0.2, 0.25) is 0 Å². The number of rotatable bonds is 6. The van der Waals surface area contributed by atoms with Gasteiger partial charge in [0.05, 0.1) is 18.3 Å². The molecular formula is C22H19FN2O3S. The molecule has 29 heavy (non-hydrogen) atoms. The largest absolute Gasteiger partial charge is 0.491 e. The topological polar surface area (TPSA) is 64.3 Å². The summed E-state index contributed by atoms with van der Waals surface area (Å²) >= 11 is 1.42. The molecule has 0 radical (unpaired) electrons. The second-order valence-corrected chi connectivity index (χ2v) is 7.67. The number of aromatic nitrogens is 2. The summed E-state index contributed by atoms with van der Waals surface area (Å²) in [5.74, 6) is 0.0924. The van der Waals surface area contributed by atoms with E-state index in [-0.39, 0.29) is 24.5 Å². The van der Waals surface area contributed by atoms with E-state index in [1.807, 2.05) is 36.6 Å². The number of hydrogen-bond donors (Lipinski definition) is 1. The quantitative estimate of drug-likeness (QED) is 0.522. The van der Waals surface area contributed by atoms with Crippen molar-refractivity contribution in [3.8, 4) is 16.9 Å². The third-order valence-electron chi connectivity index (χ3n) is 4.59. The number of hydrogen-bond acceptors (Lipinski definition) is 5. The highest BCUT2D eigenvalue weighted by molar-refractivity contribution is 7.17. The molecule has 0 fully saturated rings. The molecule has 0 aliphatic carbocycles. The monoisotopic (exact) mass is 410 g/mol. The summed E-state index contributed by atoms with van der Waals surface area (Å²) in [5.41, 5.74) is 2.74. The van der Waals surface area contributed by atoms with Gasteiger partial charge in [-0.1, -0.05) is 29.8 Å². The van der Waals surface area contributed by atoms with Crippen molar-refractivity contribution in [2.24, 2.45) is 0 Å². The molecule has 0 saturated carbocycles. The van der Waals surface area contributed by atoms with Crippen LogP contribution < -0.4 is 10.3 Å². The van der Waals surface area contributed by atoms with Gasteiger partial charge in [-0.3, -0.25) is 9.36 Å². The highest BCUT2D eigenvalue weighted by Crippen LogP contribution is 2.30. The van der Waals surface area contributed by atoms with Gasteiger partial charge in [0.25, 0.3) is 5.56 Å². The molecule has 1 N–H and O–H groups in total. The minimum absolute atomic E-state index is 0.0232. The molecule has 2 aromatic carbocycles. The predicted molar refractivity (Wildman–Crippen MR) is 112 cm³/mol. The first-order valence-electron chi connectivity index (χ1n) is 9.11. The smallest absolute Gasteiger partial charge is 0.262 e. The number of aliphatic hydroxyl groups is 1. The Labute approximate surface area is 170 Å². The number of thiophene rings is 1. The van der Waals surface area contributed by atoms with Crippen molar-refractivity contribution >= 4 is 21.6 Å². The summed E-state index contributed by atoms with van der Waals surface area (Å²) in [7, 11) is 0. The summed E-state index contributed by atoms with van der Waals surface area (Å²) in [6, 6.07) is 13.5. The van der Waals surface area contributed by atoms with Gasteiger partial charge in [0, 0.05) is 10.9 Å². The summed E-state index contributed by atoms with van der Waals surface area (Å²) in [4.78, 5) is 18.1. The minimum Gasteiger partial charge on any atom is -0.491 e. The molecule has 0 aliphatic heterocycles. The molecule has 7 heteroatoms. The van der Waals surface area contributed by atoms with Crippen molar-refractivity contribution in [2.45, 2.75) is 19.6 Å². The van der Waals surface area contributed by atoms with Crippen LogP contribution in [0.4, 0.5) is 4.39 Å². The van der Waals surface area contributed by atoms with Crippen LogP contribution in [0.25, 0.3) is 21.3 Å². The van der Waals surface area contributed by atoms with E-state index in [1.165, 1.54) is 46.5 Å². The van der Waals surface area contributed by atoms with E-state index in [0.29, 0.717) is 16.0 Å². The van der Waals surface area contributed by atoms with Gasteiger partial charge in [-0.05, 0) is 36.8 Å². The van der Waals surface area contributed by atoms with Gasteiger partial charge in [0.15, 0.2) is 0 Å². The van der Waals surface area contributed by atoms with E-state index in [1.54, 1.807) is 0 Å². The number of benzene rings is 2. The summed E-state index contributed by atoms with van der Waals surface area (Å²) in [6.45, 7) is 2.04. The molecule has 0 saturated heterocycles. The molecule has 0 bridgehead atoms. The average Bonchev–Trinajstić information content (AvgIpc) is 3.15. The second-order valence-electron chi connectivity index (χ2n) is 6.82.